The highest BCUT2D eigenvalue weighted by Gasteiger charge is 2.41. The summed E-state index contributed by atoms with van der Waals surface area (Å²) in [4.78, 5) is 27.0. The van der Waals surface area contributed by atoms with Gasteiger partial charge in [0.1, 0.15) is 10.7 Å². The van der Waals surface area contributed by atoms with Crippen LogP contribution in [0.3, 0.4) is 0 Å². The molecule has 3 N–H and O–H groups in total. The molecule has 0 radical (unpaired) electrons. The van der Waals surface area contributed by atoms with Gasteiger partial charge in [-0.2, -0.15) is 0 Å². The Bertz CT molecular complexity index is 770. The molecular weight excluding hydrogens is 328 g/mol. The maximum Gasteiger partial charge on any atom is 0.271 e. The fraction of sp³-hybridized carbons (Fsp3) is 0.375. The van der Waals surface area contributed by atoms with Gasteiger partial charge in [-0.3, -0.25) is 14.9 Å². The van der Waals surface area contributed by atoms with Crippen LogP contribution in [0.2, 0.25) is 0 Å². The molecule has 1 heterocycles. The summed E-state index contributed by atoms with van der Waals surface area (Å²) in [5.41, 5.74) is 6.54. The summed E-state index contributed by atoms with van der Waals surface area (Å²) < 4.78 is 0. The highest BCUT2D eigenvalue weighted by molar-refractivity contribution is 7.13. The molecule has 1 unspecified atom stereocenters. The number of thiazole rings is 1. The van der Waals surface area contributed by atoms with E-state index in [1.807, 2.05) is 6.92 Å². The van der Waals surface area contributed by atoms with E-state index in [1.165, 1.54) is 23.5 Å². The molecule has 1 aromatic heterocycles. The lowest BCUT2D eigenvalue weighted by atomic mass is 9.96. The molecule has 1 saturated carbocycles. The molecule has 0 spiro atoms. The van der Waals surface area contributed by atoms with Gasteiger partial charge in [-0.1, -0.05) is 0 Å². The van der Waals surface area contributed by atoms with Crippen molar-refractivity contribution < 1.29 is 9.72 Å². The van der Waals surface area contributed by atoms with Gasteiger partial charge >= 0.3 is 0 Å². The molecule has 1 atom stereocenters. The number of nitrogens with one attached hydrogen (secondary N) is 1. The van der Waals surface area contributed by atoms with E-state index in [0.717, 1.165) is 18.4 Å². The number of carbonyl (C=O) groups is 1. The number of nitro groups is 1. The van der Waals surface area contributed by atoms with Crippen LogP contribution in [-0.4, -0.2) is 27.9 Å². The van der Waals surface area contributed by atoms with Crippen molar-refractivity contribution in [2.24, 2.45) is 11.7 Å². The maximum absolute atomic E-state index is 12.4. The molecule has 3 rings (SSSR count). The lowest BCUT2D eigenvalue weighted by molar-refractivity contribution is -0.384. The smallest absolute Gasteiger partial charge is 0.271 e. The van der Waals surface area contributed by atoms with Crippen molar-refractivity contribution in [2.75, 3.05) is 6.54 Å². The first kappa shape index (κ1) is 16.5. The molecule has 8 heteroatoms. The van der Waals surface area contributed by atoms with Crippen LogP contribution in [-0.2, 0) is 0 Å². The van der Waals surface area contributed by atoms with Crippen molar-refractivity contribution in [3.05, 3.63) is 45.5 Å². The minimum atomic E-state index is -0.448. The third-order valence-electron chi connectivity index (χ3n) is 4.36. The normalized spacial score (nSPS) is 16.4. The molecule has 24 heavy (non-hydrogen) atoms. The van der Waals surface area contributed by atoms with Crippen molar-refractivity contribution >= 4 is 22.9 Å². The highest BCUT2D eigenvalue weighted by Crippen LogP contribution is 2.39. The van der Waals surface area contributed by atoms with Crippen molar-refractivity contribution in [1.29, 1.82) is 0 Å². The molecule has 1 fully saturated rings. The summed E-state index contributed by atoms with van der Waals surface area (Å²) >= 11 is 1.33. The SMILES string of the molecule is CC(CN)(NC(=O)c1csc(-c2ccc([N+](=O)[O-])cc2)n1)C1CC1. The highest BCUT2D eigenvalue weighted by atomic mass is 32.1. The largest absolute Gasteiger partial charge is 0.344 e. The van der Waals surface area contributed by atoms with E-state index < -0.39 is 10.5 Å². The standard InChI is InChI=1S/C16H18N4O3S/c1-16(9-17,11-4-5-11)19-14(21)13-8-24-15(18-13)10-2-6-12(7-3-10)20(22)23/h2-3,6-8,11H,4-5,9,17H2,1H3,(H,19,21). The Morgan fingerprint density at radius 2 is 2.12 bits per heavy atom. The van der Waals surface area contributed by atoms with Gasteiger partial charge in [0.15, 0.2) is 0 Å². The van der Waals surface area contributed by atoms with Gasteiger partial charge in [-0.25, -0.2) is 4.98 Å². The predicted octanol–water partition coefficient (Wildman–Crippen LogP) is 2.58. The first-order valence-electron chi connectivity index (χ1n) is 7.66. The summed E-state index contributed by atoms with van der Waals surface area (Å²) in [6.07, 6.45) is 2.16. The fourth-order valence-electron chi connectivity index (χ4n) is 2.60. The topological polar surface area (TPSA) is 111 Å². The van der Waals surface area contributed by atoms with Gasteiger partial charge in [-0.15, -0.1) is 11.3 Å². The Hall–Kier alpha value is -2.32. The van der Waals surface area contributed by atoms with Crippen LogP contribution >= 0.6 is 11.3 Å². The van der Waals surface area contributed by atoms with Crippen LogP contribution < -0.4 is 11.1 Å². The third kappa shape index (κ3) is 3.29. The maximum atomic E-state index is 12.4. The molecule has 0 aliphatic heterocycles. The van der Waals surface area contributed by atoms with Crippen LogP contribution in [0.5, 0.6) is 0 Å². The number of rotatable bonds is 6. The lowest BCUT2D eigenvalue weighted by Gasteiger charge is -2.29. The molecule has 7 nitrogen and oxygen atoms in total. The van der Waals surface area contributed by atoms with E-state index in [2.05, 4.69) is 10.3 Å². The van der Waals surface area contributed by atoms with Crippen LogP contribution in [0, 0.1) is 16.0 Å². The molecule has 1 aliphatic carbocycles. The summed E-state index contributed by atoms with van der Waals surface area (Å²) in [6.45, 7) is 2.36. The second-order valence-corrected chi connectivity index (χ2v) is 7.05. The number of nitrogens with two attached hydrogens (primary N) is 1. The van der Waals surface area contributed by atoms with Gasteiger partial charge in [0.25, 0.3) is 11.6 Å². The second-order valence-electron chi connectivity index (χ2n) is 6.19. The quantitative estimate of drug-likeness (QED) is 0.617. The number of amides is 1. The van der Waals surface area contributed by atoms with Crippen molar-refractivity contribution in [3.63, 3.8) is 0 Å². The summed E-state index contributed by atoms with van der Waals surface area (Å²) in [7, 11) is 0. The summed E-state index contributed by atoms with van der Waals surface area (Å²) in [5, 5.41) is 16.0. The Labute approximate surface area is 143 Å². The van der Waals surface area contributed by atoms with E-state index in [1.54, 1.807) is 17.5 Å². The van der Waals surface area contributed by atoms with Crippen LogP contribution in [0.15, 0.2) is 29.6 Å². The minimum absolute atomic E-state index is 0.0245. The molecule has 1 aliphatic rings. The zero-order valence-electron chi connectivity index (χ0n) is 13.2. The van der Waals surface area contributed by atoms with E-state index in [9.17, 15) is 14.9 Å². The number of benzene rings is 1. The van der Waals surface area contributed by atoms with E-state index in [-0.39, 0.29) is 11.6 Å². The van der Waals surface area contributed by atoms with E-state index >= 15 is 0 Å². The second kappa shape index (κ2) is 6.29. The fourth-order valence-corrected chi connectivity index (χ4v) is 3.41. The zero-order valence-corrected chi connectivity index (χ0v) is 14.0. The van der Waals surface area contributed by atoms with Gasteiger partial charge in [0, 0.05) is 29.6 Å². The number of carbonyl (C=O) groups excluding carboxylic acids is 1. The average molecular weight is 346 g/mol. The first-order chi connectivity index (χ1) is 11.4. The average Bonchev–Trinajstić information content (AvgIpc) is 3.32. The Morgan fingerprint density at radius 1 is 1.46 bits per heavy atom. The molecule has 126 valence electrons. The van der Waals surface area contributed by atoms with E-state index in [0.29, 0.717) is 23.2 Å². The number of nitrogens with zero attached hydrogens (tertiary/aromatic N) is 2. The number of hydrogen-bond donors (Lipinski definition) is 2. The number of aromatic nitrogens is 1. The Balaban J connectivity index is 1.75. The number of hydrogen-bond acceptors (Lipinski definition) is 6. The molecule has 1 aromatic carbocycles. The molecule has 2 aromatic rings. The Morgan fingerprint density at radius 3 is 2.67 bits per heavy atom. The van der Waals surface area contributed by atoms with Gasteiger partial charge in [-0.05, 0) is 37.8 Å². The van der Waals surface area contributed by atoms with Crippen molar-refractivity contribution in [2.45, 2.75) is 25.3 Å². The number of nitro benzene ring substituents is 1. The zero-order chi connectivity index (χ0) is 17.3. The lowest BCUT2D eigenvalue weighted by Crippen LogP contribution is -2.53. The minimum Gasteiger partial charge on any atom is -0.344 e. The van der Waals surface area contributed by atoms with Crippen molar-refractivity contribution in [1.82, 2.24) is 10.3 Å². The van der Waals surface area contributed by atoms with Crippen LogP contribution in [0.4, 0.5) is 5.69 Å². The van der Waals surface area contributed by atoms with Gasteiger partial charge in [0.05, 0.1) is 10.5 Å². The molecule has 1 amide bonds. The molecule has 0 bridgehead atoms. The van der Waals surface area contributed by atoms with Crippen LogP contribution in [0.1, 0.15) is 30.3 Å². The van der Waals surface area contributed by atoms with Gasteiger partial charge in [0.2, 0.25) is 0 Å². The predicted molar refractivity (Wildman–Crippen MR) is 91.9 cm³/mol. The monoisotopic (exact) mass is 346 g/mol. The summed E-state index contributed by atoms with van der Waals surface area (Å²) in [6, 6.07) is 6.11. The van der Waals surface area contributed by atoms with Crippen LogP contribution in [0.25, 0.3) is 10.6 Å². The van der Waals surface area contributed by atoms with E-state index in [4.69, 9.17) is 5.73 Å². The summed E-state index contributed by atoms with van der Waals surface area (Å²) in [5.74, 6) is 0.193. The first-order valence-corrected chi connectivity index (χ1v) is 8.54. The Kier molecular flexibility index (Phi) is 4.33. The van der Waals surface area contributed by atoms with Gasteiger partial charge < -0.3 is 11.1 Å². The molecular formula is C16H18N4O3S. The molecule has 0 saturated heterocycles. The third-order valence-corrected chi connectivity index (χ3v) is 5.25. The van der Waals surface area contributed by atoms with Crippen molar-refractivity contribution in [3.8, 4) is 10.6 Å². The number of non-ortho nitro benzene ring substituents is 1.